The van der Waals surface area contributed by atoms with Gasteiger partial charge in [0.25, 0.3) is 0 Å². The third-order valence-electron chi connectivity index (χ3n) is 6.61. The van der Waals surface area contributed by atoms with Gasteiger partial charge in [-0.2, -0.15) is 0 Å². The fourth-order valence-corrected chi connectivity index (χ4v) is 6.29. The maximum atomic E-state index is 13.3. The van der Waals surface area contributed by atoms with E-state index in [2.05, 4.69) is 4.98 Å². The summed E-state index contributed by atoms with van der Waals surface area (Å²) in [7, 11) is -3.79. The molecule has 1 saturated carbocycles. The van der Waals surface area contributed by atoms with Crippen LogP contribution in [0.4, 0.5) is 4.39 Å². The zero-order chi connectivity index (χ0) is 23.4. The lowest BCUT2D eigenvalue weighted by Gasteiger charge is -2.25. The lowest BCUT2D eigenvalue weighted by atomic mass is 10.1. The molecule has 33 heavy (non-hydrogen) atoms. The largest absolute Gasteiger partial charge is 0.376 e. The summed E-state index contributed by atoms with van der Waals surface area (Å²) in [6.07, 6.45) is 7.27. The highest BCUT2D eigenvalue weighted by Crippen LogP contribution is 2.28. The van der Waals surface area contributed by atoms with Crippen molar-refractivity contribution in [1.82, 2.24) is 14.5 Å². The van der Waals surface area contributed by atoms with E-state index in [1.54, 1.807) is 15.7 Å². The first-order chi connectivity index (χ1) is 15.9. The van der Waals surface area contributed by atoms with E-state index < -0.39 is 15.7 Å². The van der Waals surface area contributed by atoms with Crippen molar-refractivity contribution in [3.05, 3.63) is 47.5 Å². The number of aromatic nitrogens is 2. The highest BCUT2D eigenvalue weighted by molar-refractivity contribution is 7.90. The van der Waals surface area contributed by atoms with Gasteiger partial charge in [0.1, 0.15) is 5.82 Å². The molecule has 1 aliphatic carbocycles. The van der Waals surface area contributed by atoms with Crippen LogP contribution in [0.1, 0.15) is 56.7 Å². The van der Waals surface area contributed by atoms with E-state index >= 15 is 0 Å². The first-order valence-electron chi connectivity index (χ1n) is 11.8. The van der Waals surface area contributed by atoms with Gasteiger partial charge in [0, 0.05) is 19.1 Å². The molecular formula is C24H32FN3O4S. The van der Waals surface area contributed by atoms with E-state index in [0.717, 1.165) is 38.5 Å². The Bertz CT molecular complexity index is 1060. The number of sulfone groups is 1. The number of amides is 1. The third-order valence-corrected chi connectivity index (χ3v) is 8.21. The fraction of sp³-hybridized carbons (Fsp3) is 0.583. The first-order valence-corrected chi connectivity index (χ1v) is 13.4. The minimum Gasteiger partial charge on any atom is -0.376 e. The second-order valence-corrected chi connectivity index (χ2v) is 10.9. The molecule has 2 heterocycles. The summed E-state index contributed by atoms with van der Waals surface area (Å²) in [6, 6.07) is 5.45. The Labute approximate surface area is 194 Å². The molecule has 9 heteroatoms. The van der Waals surface area contributed by atoms with Crippen molar-refractivity contribution < 1.29 is 22.3 Å². The number of hydrogen-bond donors (Lipinski definition) is 0. The summed E-state index contributed by atoms with van der Waals surface area (Å²) in [5, 5.41) is -0.0262. The van der Waals surface area contributed by atoms with Crippen LogP contribution in [-0.4, -0.2) is 48.0 Å². The number of ether oxygens (including phenoxy) is 1. The smallest absolute Gasteiger partial charge is 0.228 e. The molecule has 0 spiro atoms. The van der Waals surface area contributed by atoms with Crippen molar-refractivity contribution in [2.24, 2.45) is 5.92 Å². The molecule has 0 radical (unpaired) electrons. The lowest BCUT2D eigenvalue weighted by Crippen LogP contribution is -2.35. The number of carbonyl (C=O) groups excluding carboxylic acids is 1. The van der Waals surface area contributed by atoms with Crippen molar-refractivity contribution in [3.63, 3.8) is 0 Å². The molecule has 1 atom stereocenters. The van der Waals surface area contributed by atoms with Gasteiger partial charge < -0.3 is 14.2 Å². The second-order valence-electron chi connectivity index (χ2n) is 9.00. The molecule has 1 amide bonds. The molecule has 1 aromatic carbocycles. The number of benzene rings is 1. The van der Waals surface area contributed by atoms with Crippen molar-refractivity contribution in [2.45, 2.75) is 75.6 Å². The minimum absolute atomic E-state index is 0.0262. The Hall–Kier alpha value is -2.26. The predicted molar refractivity (Wildman–Crippen MR) is 122 cm³/mol. The Kier molecular flexibility index (Phi) is 7.48. The van der Waals surface area contributed by atoms with Crippen molar-refractivity contribution in [1.29, 1.82) is 0 Å². The summed E-state index contributed by atoms with van der Waals surface area (Å²) in [5.41, 5.74) is 1.19. The van der Waals surface area contributed by atoms with Gasteiger partial charge in [0.05, 0.1) is 36.8 Å². The van der Waals surface area contributed by atoms with E-state index in [0.29, 0.717) is 37.5 Å². The molecule has 2 fully saturated rings. The van der Waals surface area contributed by atoms with Crippen molar-refractivity contribution >= 4 is 15.7 Å². The fourth-order valence-electron chi connectivity index (χ4n) is 4.79. The predicted octanol–water partition coefficient (Wildman–Crippen LogP) is 3.71. The lowest BCUT2D eigenvalue weighted by molar-refractivity contribution is -0.135. The Morgan fingerprint density at radius 3 is 2.55 bits per heavy atom. The summed E-state index contributed by atoms with van der Waals surface area (Å²) in [6.45, 7) is 3.85. The van der Waals surface area contributed by atoms with Gasteiger partial charge in [-0.3, -0.25) is 4.79 Å². The molecule has 1 aliphatic heterocycles. The van der Waals surface area contributed by atoms with E-state index in [9.17, 15) is 17.6 Å². The minimum atomic E-state index is -3.79. The van der Waals surface area contributed by atoms with Gasteiger partial charge in [-0.05, 0) is 50.3 Å². The van der Waals surface area contributed by atoms with E-state index in [-0.39, 0.29) is 28.8 Å². The van der Waals surface area contributed by atoms with Crippen LogP contribution in [0.25, 0.3) is 0 Å². The Morgan fingerprint density at radius 2 is 1.91 bits per heavy atom. The maximum absolute atomic E-state index is 13.3. The average molecular weight is 478 g/mol. The molecule has 1 saturated heterocycles. The quantitative estimate of drug-likeness (QED) is 0.550. The highest BCUT2D eigenvalue weighted by atomic mass is 32.2. The number of nitrogens with zero attached hydrogens (tertiary/aromatic N) is 3. The van der Waals surface area contributed by atoms with Crippen LogP contribution in [0.3, 0.4) is 0 Å². The van der Waals surface area contributed by atoms with E-state index in [4.69, 9.17) is 4.74 Å². The highest BCUT2D eigenvalue weighted by Gasteiger charge is 2.30. The summed E-state index contributed by atoms with van der Waals surface area (Å²) in [5.74, 6) is -0.491. The van der Waals surface area contributed by atoms with Crippen LogP contribution in [0.15, 0.2) is 35.6 Å². The molecule has 2 aromatic rings. The van der Waals surface area contributed by atoms with Gasteiger partial charge in [-0.25, -0.2) is 17.8 Å². The van der Waals surface area contributed by atoms with Crippen LogP contribution in [0, 0.1) is 11.7 Å². The molecule has 4 rings (SSSR count). The van der Waals surface area contributed by atoms with Gasteiger partial charge in [0.2, 0.25) is 20.9 Å². The number of halogens is 1. The zero-order valence-corrected chi connectivity index (χ0v) is 19.9. The summed E-state index contributed by atoms with van der Waals surface area (Å²) >= 11 is 0. The number of imidazole rings is 1. The number of carbonyl (C=O) groups is 1. The zero-order valence-electron chi connectivity index (χ0n) is 19.1. The maximum Gasteiger partial charge on any atom is 0.228 e. The van der Waals surface area contributed by atoms with Crippen LogP contribution in [-0.2, 0) is 38.2 Å². The van der Waals surface area contributed by atoms with E-state index in [1.807, 2.05) is 6.92 Å². The van der Waals surface area contributed by atoms with Crippen LogP contribution >= 0.6 is 0 Å². The molecule has 0 unspecified atom stereocenters. The molecule has 0 N–H and O–H groups in total. The number of hydrogen-bond acceptors (Lipinski definition) is 5. The molecule has 0 bridgehead atoms. The molecular weight excluding hydrogens is 445 g/mol. The SMILES string of the molecule is CCN(Cc1cnc(S(=O)(=O)Cc2ccc(F)cc2)n1C[C@@H]1CCCO1)C(=O)C1CCCC1. The van der Waals surface area contributed by atoms with Gasteiger partial charge in [-0.15, -0.1) is 0 Å². The topological polar surface area (TPSA) is 81.5 Å². The van der Waals surface area contributed by atoms with Crippen LogP contribution < -0.4 is 0 Å². The monoisotopic (exact) mass is 477 g/mol. The van der Waals surface area contributed by atoms with Gasteiger partial charge >= 0.3 is 0 Å². The summed E-state index contributed by atoms with van der Waals surface area (Å²) < 4.78 is 47.3. The average Bonchev–Trinajstić information content (AvgIpc) is 3.56. The molecule has 7 nitrogen and oxygen atoms in total. The van der Waals surface area contributed by atoms with E-state index in [1.165, 1.54) is 24.3 Å². The molecule has 2 aliphatic rings. The van der Waals surface area contributed by atoms with Crippen molar-refractivity contribution in [3.8, 4) is 0 Å². The molecule has 1 aromatic heterocycles. The third kappa shape index (κ3) is 5.63. The number of rotatable bonds is 9. The summed E-state index contributed by atoms with van der Waals surface area (Å²) in [4.78, 5) is 19.1. The van der Waals surface area contributed by atoms with Crippen LogP contribution in [0.5, 0.6) is 0 Å². The Balaban J connectivity index is 1.61. The van der Waals surface area contributed by atoms with Gasteiger partial charge in [-0.1, -0.05) is 25.0 Å². The molecule has 180 valence electrons. The van der Waals surface area contributed by atoms with Crippen LogP contribution in [0.2, 0.25) is 0 Å². The van der Waals surface area contributed by atoms with Gasteiger partial charge in [0.15, 0.2) is 0 Å². The second kappa shape index (κ2) is 10.3. The first kappa shape index (κ1) is 23.9. The Morgan fingerprint density at radius 1 is 1.18 bits per heavy atom. The normalized spacial score (nSPS) is 19.3. The van der Waals surface area contributed by atoms with Crippen molar-refractivity contribution in [2.75, 3.05) is 13.2 Å². The standard InChI is InChI=1S/C24H32FN3O4S/c1-2-27(23(29)19-6-3-4-7-19)15-21-14-26-24(28(21)16-22-8-5-13-32-22)33(30,31)17-18-9-11-20(25)12-10-18/h9-12,14,19,22H,2-8,13,15-17H2,1H3/t22-/m0/s1.